The Morgan fingerprint density at radius 1 is 0.588 bits per heavy atom. The second-order valence-electron chi connectivity index (χ2n) is 9.75. The number of phosphoric acid groups is 1. The topological polar surface area (TPSA) is 123 Å². The van der Waals surface area contributed by atoms with Gasteiger partial charge in [-0.05, 0) is 55.8 Å². The molecule has 0 aromatic heterocycles. The van der Waals surface area contributed by atoms with E-state index < -0.39 is 15.4 Å². The van der Waals surface area contributed by atoms with E-state index in [0.29, 0.717) is 13.0 Å². The van der Waals surface area contributed by atoms with Gasteiger partial charge in [0.2, 0.25) is 0 Å². The van der Waals surface area contributed by atoms with Crippen molar-refractivity contribution in [3.8, 4) is 0 Å². The third-order valence-corrected chi connectivity index (χ3v) is 8.75. The smallest absolute Gasteiger partial charge is 0.381 e. The maximum Gasteiger partial charge on any atom is 0.469 e. The summed E-state index contributed by atoms with van der Waals surface area (Å²) in [5, 5.41) is 0. The van der Waals surface area contributed by atoms with E-state index in [1.807, 2.05) is 0 Å². The van der Waals surface area contributed by atoms with Gasteiger partial charge in [0.25, 0.3) is 0 Å². The van der Waals surface area contributed by atoms with Crippen molar-refractivity contribution in [2.75, 3.05) is 33.1 Å². The fourth-order valence-corrected chi connectivity index (χ4v) is 5.53. The molecule has 0 spiro atoms. The van der Waals surface area contributed by atoms with Crippen LogP contribution in [0.1, 0.15) is 111 Å². The fraction of sp³-hybridized carbons (Fsp3) is 1.00. The van der Waals surface area contributed by atoms with Gasteiger partial charge in [0.15, 0.2) is 0 Å². The van der Waals surface area contributed by atoms with Crippen LogP contribution in [0.25, 0.3) is 0 Å². The maximum absolute atomic E-state index is 11.4. The van der Waals surface area contributed by atoms with E-state index in [4.69, 9.17) is 19.0 Å². The minimum Gasteiger partial charge on any atom is -0.381 e. The molecule has 206 valence electrons. The highest BCUT2D eigenvalue weighted by molar-refractivity contribution is 7.51. The first-order chi connectivity index (χ1) is 15.9. The normalized spacial score (nSPS) is 14.9. The monoisotopic (exact) mass is 530 g/mol. The largest absolute Gasteiger partial charge is 0.469 e. The van der Waals surface area contributed by atoms with Gasteiger partial charge >= 0.3 is 15.4 Å². The lowest BCUT2D eigenvalue weighted by Gasteiger charge is -2.32. The van der Waals surface area contributed by atoms with Crippen molar-refractivity contribution in [1.82, 2.24) is 0 Å². The standard InChI is InChI=1S/C24H52O8P2/c1-6-23(7-2,17-14-21-32-34(27,28)29)15-10-12-19-30-20-13-11-16-24(8-3,9-4)18-22-31-33(5,25)26/h6-22H2,1-5H3,(H,25,26)(H2,27,28,29). The number of phosphoric ester groups is 1. The Morgan fingerprint density at radius 2 is 1.03 bits per heavy atom. The van der Waals surface area contributed by atoms with Crippen LogP contribution in [-0.4, -0.2) is 47.8 Å². The van der Waals surface area contributed by atoms with Crippen LogP contribution in [0.4, 0.5) is 0 Å². The van der Waals surface area contributed by atoms with E-state index in [1.54, 1.807) is 0 Å². The summed E-state index contributed by atoms with van der Waals surface area (Å²) in [5.41, 5.74) is 0.363. The third-order valence-electron chi connectivity index (χ3n) is 7.57. The molecule has 0 fully saturated rings. The van der Waals surface area contributed by atoms with Crippen LogP contribution in [0.5, 0.6) is 0 Å². The van der Waals surface area contributed by atoms with Gasteiger partial charge in [-0.15, -0.1) is 0 Å². The fourth-order valence-electron chi connectivity index (χ4n) is 4.74. The Kier molecular flexibility index (Phi) is 17.8. The lowest BCUT2D eigenvalue weighted by Crippen LogP contribution is -2.21. The molecule has 0 aromatic rings. The van der Waals surface area contributed by atoms with E-state index in [2.05, 4.69) is 32.2 Å². The van der Waals surface area contributed by atoms with Crippen LogP contribution in [0.3, 0.4) is 0 Å². The maximum atomic E-state index is 11.4. The number of ether oxygens (including phenoxy) is 1. The first-order valence-electron chi connectivity index (χ1n) is 13.1. The highest BCUT2D eigenvalue weighted by Gasteiger charge is 2.27. The van der Waals surface area contributed by atoms with E-state index in [-0.39, 0.29) is 17.4 Å². The summed E-state index contributed by atoms with van der Waals surface area (Å²) < 4.78 is 37.7. The predicted octanol–water partition coefficient (Wildman–Crippen LogP) is 7.07. The molecule has 34 heavy (non-hydrogen) atoms. The molecule has 0 radical (unpaired) electrons. The molecule has 0 rings (SSSR count). The highest BCUT2D eigenvalue weighted by Crippen LogP contribution is 2.42. The number of unbranched alkanes of at least 4 members (excludes halogenated alkanes) is 2. The number of hydrogen-bond donors (Lipinski definition) is 3. The number of rotatable bonds is 23. The average molecular weight is 531 g/mol. The summed E-state index contributed by atoms with van der Waals surface area (Å²) in [6.07, 6.45) is 12.9. The first kappa shape index (κ1) is 34.2. The molecule has 0 aliphatic heterocycles. The Labute approximate surface area is 208 Å². The summed E-state index contributed by atoms with van der Waals surface area (Å²) in [7, 11) is -7.78. The third kappa shape index (κ3) is 16.8. The molecular formula is C24H52O8P2. The van der Waals surface area contributed by atoms with Crippen molar-refractivity contribution in [3.63, 3.8) is 0 Å². The lowest BCUT2D eigenvalue weighted by atomic mass is 9.74. The minimum atomic E-state index is -4.37. The van der Waals surface area contributed by atoms with Crippen LogP contribution in [0.15, 0.2) is 0 Å². The van der Waals surface area contributed by atoms with E-state index in [9.17, 15) is 14.0 Å². The molecule has 0 aromatic carbocycles. The van der Waals surface area contributed by atoms with Crippen LogP contribution in [0.2, 0.25) is 0 Å². The van der Waals surface area contributed by atoms with Crippen molar-refractivity contribution < 1.29 is 37.6 Å². The summed E-state index contributed by atoms with van der Waals surface area (Å²) in [4.78, 5) is 27.0. The molecular weight excluding hydrogens is 478 g/mol. The zero-order chi connectivity index (χ0) is 26.1. The average Bonchev–Trinajstić information content (AvgIpc) is 2.77. The summed E-state index contributed by atoms with van der Waals surface area (Å²) >= 11 is 0. The van der Waals surface area contributed by atoms with Crippen molar-refractivity contribution in [2.24, 2.45) is 10.8 Å². The summed E-state index contributed by atoms with van der Waals surface area (Å²) in [6.45, 7) is 11.9. The van der Waals surface area contributed by atoms with Gasteiger partial charge in [-0.25, -0.2) is 4.57 Å². The summed E-state index contributed by atoms with van der Waals surface area (Å²) in [6, 6.07) is 0. The Hall–Kier alpha value is 0.220. The molecule has 0 saturated heterocycles. The molecule has 1 unspecified atom stereocenters. The van der Waals surface area contributed by atoms with Crippen molar-refractivity contribution in [2.45, 2.75) is 111 Å². The van der Waals surface area contributed by atoms with Gasteiger partial charge in [0.05, 0.1) is 13.2 Å². The van der Waals surface area contributed by atoms with Gasteiger partial charge in [0, 0.05) is 19.9 Å². The molecule has 0 aliphatic carbocycles. The Balaban J connectivity index is 4.08. The molecule has 0 heterocycles. The van der Waals surface area contributed by atoms with Crippen LogP contribution in [-0.2, 0) is 22.9 Å². The lowest BCUT2D eigenvalue weighted by molar-refractivity contribution is 0.109. The van der Waals surface area contributed by atoms with Gasteiger partial charge in [-0.2, -0.15) is 0 Å². The van der Waals surface area contributed by atoms with Crippen LogP contribution >= 0.6 is 15.4 Å². The Bertz CT molecular complexity index is 594. The first-order valence-corrected chi connectivity index (χ1v) is 16.6. The summed E-state index contributed by atoms with van der Waals surface area (Å²) in [5.74, 6) is 0. The van der Waals surface area contributed by atoms with Crippen molar-refractivity contribution >= 4 is 15.4 Å². The molecule has 1 atom stereocenters. The minimum absolute atomic E-state index is 0.0976. The molecule has 8 nitrogen and oxygen atoms in total. The van der Waals surface area contributed by atoms with E-state index >= 15 is 0 Å². The van der Waals surface area contributed by atoms with Gasteiger partial charge in [-0.1, -0.05) is 66.2 Å². The van der Waals surface area contributed by atoms with E-state index in [0.717, 1.165) is 90.3 Å². The zero-order valence-corrected chi connectivity index (χ0v) is 24.1. The quantitative estimate of drug-likeness (QED) is 0.0947. The molecule has 0 aliphatic rings. The second kappa shape index (κ2) is 17.6. The molecule has 3 N–H and O–H groups in total. The molecule has 0 bridgehead atoms. The van der Waals surface area contributed by atoms with Gasteiger partial charge in [0.1, 0.15) is 0 Å². The van der Waals surface area contributed by atoms with Gasteiger partial charge < -0.3 is 23.9 Å². The predicted molar refractivity (Wildman–Crippen MR) is 138 cm³/mol. The second-order valence-corrected chi connectivity index (χ2v) is 12.9. The molecule has 10 heteroatoms. The number of hydrogen-bond acceptors (Lipinski definition) is 5. The molecule has 0 saturated carbocycles. The molecule has 0 amide bonds. The SMILES string of the molecule is CCC(CC)(CCCCOCCCCC(CC)(CC)CCOP(C)(=O)O)CCCOP(=O)(O)O. The van der Waals surface area contributed by atoms with Crippen molar-refractivity contribution in [1.29, 1.82) is 0 Å². The Morgan fingerprint density at radius 3 is 1.44 bits per heavy atom. The van der Waals surface area contributed by atoms with E-state index in [1.165, 1.54) is 6.66 Å². The van der Waals surface area contributed by atoms with Crippen LogP contribution < -0.4 is 0 Å². The van der Waals surface area contributed by atoms with Gasteiger partial charge in [-0.3, -0.25) is 9.09 Å². The van der Waals surface area contributed by atoms with Crippen molar-refractivity contribution in [3.05, 3.63) is 0 Å². The van der Waals surface area contributed by atoms with Crippen LogP contribution in [0, 0.1) is 10.8 Å². The highest BCUT2D eigenvalue weighted by atomic mass is 31.2. The zero-order valence-electron chi connectivity index (χ0n) is 22.3.